The molecule has 2 aliphatic rings. The fourth-order valence-corrected chi connectivity index (χ4v) is 4.62. The monoisotopic (exact) mass is 572 g/mol. The van der Waals surface area contributed by atoms with Crippen molar-refractivity contribution in [2.75, 3.05) is 49.6 Å². The first-order valence-electron chi connectivity index (χ1n) is 10.9. The van der Waals surface area contributed by atoms with Gasteiger partial charge in [0.1, 0.15) is 0 Å². The average molecular weight is 573 g/mol. The Labute approximate surface area is 211 Å². The largest absolute Gasteiger partial charge is 0.371 e. The molecule has 0 saturated carbocycles. The second-order valence-electron chi connectivity index (χ2n) is 8.37. The molecular weight excluding hydrogens is 542 g/mol. The van der Waals surface area contributed by atoms with Crippen LogP contribution in [-0.2, 0) is 0 Å². The number of benzene rings is 1. The quantitative estimate of drug-likeness (QED) is 0.322. The van der Waals surface area contributed by atoms with Crippen LogP contribution in [0.1, 0.15) is 18.4 Å². The fourth-order valence-electron chi connectivity index (χ4n) is 4.45. The SMILES string of the molecule is CN=C(NCC1CCN(c2cc(Cl)ccc2C)C1)NC1CCN(c2ncccc2F)C1.I. The van der Waals surface area contributed by atoms with Gasteiger partial charge in [-0.15, -0.1) is 24.0 Å². The Balaban J connectivity index is 0.00000289. The van der Waals surface area contributed by atoms with Gasteiger partial charge in [0.05, 0.1) is 0 Å². The van der Waals surface area contributed by atoms with Crippen molar-refractivity contribution in [3.8, 4) is 0 Å². The zero-order valence-corrected chi connectivity index (χ0v) is 21.6. The Morgan fingerprint density at radius 1 is 1.22 bits per heavy atom. The summed E-state index contributed by atoms with van der Waals surface area (Å²) in [4.78, 5) is 13.0. The minimum atomic E-state index is -0.272. The summed E-state index contributed by atoms with van der Waals surface area (Å²) >= 11 is 6.20. The van der Waals surface area contributed by atoms with Gasteiger partial charge in [0.15, 0.2) is 17.6 Å². The van der Waals surface area contributed by atoms with Gasteiger partial charge in [0, 0.05) is 62.7 Å². The highest BCUT2D eigenvalue weighted by molar-refractivity contribution is 14.0. The first-order chi connectivity index (χ1) is 15.0. The lowest BCUT2D eigenvalue weighted by Gasteiger charge is -2.22. The molecule has 2 saturated heterocycles. The summed E-state index contributed by atoms with van der Waals surface area (Å²) in [5.74, 6) is 1.49. The van der Waals surface area contributed by atoms with E-state index in [2.05, 4.69) is 44.6 Å². The van der Waals surface area contributed by atoms with Crippen molar-refractivity contribution < 1.29 is 4.39 Å². The molecule has 0 radical (unpaired) electrons. The highest BCUT2D eigenvalue weighted by Crippen LogP contribution is 2.29. The maximum Gasteiger partial charge on any atom is 0.191 e. The number of halogens is 3. The summed E-state index contributed by atoms with van der Waals surface area (Å²) < 4.78 is 14.0. The van der Waals surface area contributed by atoms with Gasteiger partial charge in [-0.25, -0.2) is 9.37 Å². The highest BCUT2D eigenvalue weighted by Gasteiger charge is 2.27. The van der Waals surface area contributed by atoms with E-state index in [9.17, 15) is 4.39 Å². The second kappa shape index (κ2) is 11.4. The Morgan fingerprint density at radius 2 is 2.03 bits per heavy atom. The maximum atomic E-state index is 14.0. The molecule has 1 aromatic heterocycles. The number of aromatic nitrogens is 1. The standard InChI is InChI=1S/C23H30ClFN6.HI/c1-16-5-6-18(24)12-21(16)30-10-7-17(14-30)13-28-23(26-2)29-19-8-11-31(15-19)22-20(25)4-3-9-27-22;/h3-6,9,12,17,19H,7-8,10-11,13-15H2,1-2H3,(H2,26,28,29);1H. The van der Waals surface area contributed by atoms with Gasteiger partial charge in [0.25, 0.3) is 0 Å². The van der Waals surface area contributed by atoms with Crippen molar-refractivity contribution in [1.29, 1.82) is 0 Å². The highest BCUT2D eigenvalue weighted by atomic mass is 127. The third-order valence-corrected chi connectivity index (χ3v) is 6.38. The molecule has 2 atom stereocenters. The molecule has 4 rings (SSSR count). The van der Waals surface area contributed by atoms with Crippen LogP contribution in [0.25, 0.3) is 0 Å². The number of pyridine rings is 1. The molecule has 2 aliphatic heterocycles. The minimum absolute atomic E-state index is 0. The first kappa shape index (κ1) is 24.8. The average Bonchev–Trinajstić information content (AvgIpc) is 3.43. The van der Waals surface area contributed by atoms with Gasteiger partial charge >= 0.3 is 0 Å². The zero-order valence-electron chi connectivity index (χ0n) is 18.5. The molecule has 6 nitrogen and oxygen atoms in total. The number of guanidine groups is 1. The van der Waals surface area contributed by atoms with Crippen molar-refractivity contribution in [2.24, 2.45) is 10.9 Å². The van der Waals surface area contributed by atoms with E-state index in [4.69, 9.17) is 11.6 Å². The molecule has 3 heterocycles. The molecule has 32 heavy (non-hydrogen) atoms. The number of anilines is 2. The Kier molecular flexibility index (Phi) is 8.81. The third-order valence-electron chi connectivity index (χ3n) is 6.15. The lowest BCUT2D eigenvalue weighted by Crippen LogP contribution is -2.46. The first-order valence-corrected chi connectivity index (χ1v) is 11.2. The van der Waals surface area contributed by atoms with Crippen molar-refractivity contribution >= 4 is 53.0 Å². The van der Waals surface area contributed by atoms with Crippen LogP contribution < -0.4 is 20.4 Å². The number of hydrogen-bond donors (Lipinski definition) is 2. The molecule has 2 unspecified atom stereocenters. The summed E-state index contributed by atoms with van der Waals surface area (Å²) in [7, 11) is 1.79. The van der Waals surface area contributed by atoms with Crippen molar-refractivity contribution in [1.82, 2.24) is 15.6 Å². The van der Waals surface area contributed by atoms with E-state index in [1.807, 2.05) is 11.0 Å². The van der Waals surface area contributed by atoms with E-state index in [-0.39, 0.29) is 35.8 Å². The van der Waals surface area contributed by atoms with E-state index in [0.29, 0.717) is 18.3 Å². The fraction of sp³-hybridized carbons (Fsp3) is 0.478. The molecule has 0 amide bonds. The van der Waals surface area contributed by atoms with Crippen LogP contribution in [0.4, 0.5) is 15.9 Å². The molecule has 0 bridgehead atoms. The number of nitrogens with one attached hydrogen (secondary N) is 2. The number of aliphatic imine (C=N–C) groups is 1. The number of rotatable bonds is 5. The van der Waals surface area contributed by atoms with Crippen LogP contribution in [0.3, 0.4) is 0 Å². The van der Waals surface area contributed by atoms with Gasteiger partial charge < -0.3 is 20.4 Å². The van der Waals surface area contributed by atoms with Crippen LogP contribution in [0.15, 0.2) is 41.5 Å². The molecule has 2 fully saturated rings. The van der Waals surface area contributed by atoms with Crippen molar-refractivity contribution in [2.45, 2.75) is 25.8 Å². The normalized spacial score (nSPS) is 20.9. The predicted molar refractivity (Wildman–Crippen MR) is 141 cm³/mol. The molecule has 2 aromatic rings. The number of nitrogens with zero attached hydrogens (tertiary/aromatic N) is 4. The van der Waals surface area contributed by atoms with E-state index >= 15 is 0 Å². The summed E-state index contributed by atoms with van der Waals surface area (Å²) in [6.07, 6.45) is 3.68. The molecule has 1 aromatic carbocycles. The van der Waals surface area contributed by atoms with Crippen LogP contribution >= 0.6 is 35.6 Å². The van der Waals surface area contributed by atoms with E-state index in [1.165, 1.54) is 17.3 Å². The predicted octanol–water partition coefficient (Wildman–Crippen LogP) is 4.07. The van der Waals surface area contributed by atoms with Gasteiger partial charge in [-0.3, -0.25) is 4.99 Å². The van der Waals surface area contributed by atoms with E-state index in [1.54, 1.807) is 19.3 Å². The van der Waals surface area contributed by atoms with E-state index in [0.717, 1.165) is 50.0 Å². The second-order valence-corrected chi connectivity index (χ2v) is 8.81. The third kappa shape index (κ3) is 5.95. The minimum Gasteiger partial charge on any atom is -0.371 e. The van der Waals surface area contributed by atoms with Gasteiger partial charge in [0.2, 0.25) is 0 Å². The lowest BCUT2D eigenvalue weighted by molar-refractivity contribution is 0.557. The lowest BCUT2D eigenvalue weighted by atomic mass is 10.1. The molecular formula is C23H31ClFIN6. The van der Waals surface area contributed by atoms with Crippen LogP contribution in [0.2, 0.25) is 5.02 Å². The van der Waals surface area contributed by atoms with Gasteiger partial charge in [-0.1, -0.05) is 17.7 Å². The van der Waals surface area contributed by atoms with Crippen molar-refractivity contribution in [3.63, 3.8) is 0 Å². The van der Waals surface area contributed by atoms with Crippen LogP contribution in [0.5, 0.6) is 0 Å². The maximum absolute atomic E-state index is 14.0. The zero-order chi connectivity index (χ0) is 21.8. The summed E-state index contributed by atoms with van der Waals surface area (Å²) in [5, 5.41) is 7.74. The van der Waals surface area contributed by atoms with Gasteiger partial charge in [-0.05, 0) is 55.5 Å². The Bertz CT molecular complexity index is 942. The Morgan fingerprint density at radius 3 is 2.81 bits per heavy atom. The molecule has 174 valence electrons. The molecule has 9 heteroatoms. The van der Waals surface area contributed by atoms with Crippen molar-refractivity contribution in [3.05, 3.63) is 52.9 Å². The Hall–Kier alpha value is -1.81. The van der Waals surface area contributed by atoms with Crippen LogP contribution in [0, 0.1) is 18.7 Å². The van der Waals surface area contributed by atoms with E-state index < -0.39 is 0 Å². The molecule has 0 spiro atoms. The topological polar surface area (TPSA) is 55.8 Å². The molecule has 0 aliphatic carbocycles. The summed E-state index contributed by atoms with van der Waals surface area (Å²) in [6.45, 7) is 6.51. The van der Waals surface area contributed by atoms with Gasteiger partial charge in [-0.2, -0.15) is 0 Å². The number of aryl methyl sites for hydroxylation is 1. The summed E-state index contributed by atoms with van der Waals surface area (Å²) in [5.41, 5.74) is 2.48. The smallest absolute Gasteiger partial charge is 0.191 e. The summed E-state index contributed by atoms with van der Waals surface area (Å²) in [6, 6.07) is 9.37. The molecule has 2 N–H and O–H groups in total. The number of hydrogen-bond acceptors (Lipinski definition) is 4. The van der Waals surface area contributed by atoms with Crippen LogP contribution in [-0.4, -0.2) is 56.8 Å².